The lowest BCUT2D eigenvalue weighted by atomic mass is 9.93. The smallest absolute Gasteiger partial charge is 0.107 e. The van der Waals surface area contributed by atoms with Gasteiger partial charge < -0.3 is 9.73 Å². The average Bonchev–Trinajstić information content (AvgIpc) is 3.17. The minimum Gasteiger partial charge on any atom is -0.469 e. The van der Waals surface area contributed by atoms with Crippen molar-refractivity contribution in [3.8, 4) is 0 Å². The van der Waals surface area contributed by atoms with E-state index in [0.29, 0.717) is 12.0 Å². The Morgan fingerprint density at radius 3 is 2.40 bits per heavy atom. The fourth-order valence-corrected chi connectivity index (χ4v) is 3.24. The van der Waals surface area contributed by atoms with E-state index in [0.717, 1.165) is 30.2 Å². The normalized spacial score (nSPS) is 13.5. The Kier molecular flexibility index (Phi) is 6.32. The standard InChI is InChI=1S/C22H24ClNO/c1-17(19-9-11-21(23)12-10-19)24-14-13-20(22-8-5-15-25-22)16-18-6-3-2-4-7-18/h2-12,15,17,20,24H,13-14,16H2,1H3/t17-,20-/m0/s1. The summed E-state index contributed by atoms with van der Waals surface area (Å²) in [4.78, 5) is 0. The second-order valence-corrected chi connectivity index (χ2v) is 6.85. The molecule has 1 aromatic heterocycles. The zero-order valence-corrected chi connectivity index (χ0v) is 15.2. The Morgan fingerprint density at radius 2 is 1.72 bits per heavy atom. The molecule has 25 heavy (non-hydrogen) atoms. The van der Waals surface area contributed by atoms with Crippen LogP contribution in [0.1, 0.15) is 42.2 Å². The number of furan rings is 1. The molecule has 0 aliphatic rings. The van der Waals surface area contributed by atoms with Crippen LogP contribution < -0.4 is 5.32 Å². The van der Waals surface area contributed by atoms with Gasteiger partial charge in [0.2, 0.25) is 0 Å². The van der Waals surface area contributed by atoms with Crippen molar-refractivity contribution < 1.29 is 4.42 Å². The van der Waals surface area contributed by atoms with Crippen molar-refractivity contribution in [3.63, 3.8) is 0 Å². The van der Waals surface area contributed by atoms with E-state index in [1.807, 2.05) is 18.2 Å². The maximum absolute atomic E-state index is 5.97. The van der Waals surface area contributed by atoms with Crippen LogP contribution in [0.15, 0.2) is 77.4 Å². The Balaban J connectivity index is 1.58. The zero-order valence-electron chi connectivity index (χ0n) is 14.5. The highest BCUT2D eigenvalue weighted by Gasteiger charge is 2.15. The van der Waals surface area contributed by atoms with Crippen molar-refractivity contribution in [2.75, 3.05) is 6.54 Å². The summed E-state index contributed by atoms with van der Waals surface area (Å²) >= 11 is 5.97. The average molecular weight is 354 g/mol. The minimum absolute atomic E-state index is 0.297. The van der Waals surface area contributed by atoms with Crippen molar-refractivity contribution in [2.45, 2.75) is 31.7 Å². The number of rotatable bonds is 8. The predicted octanol–water partition coefficient (Wildman–Crippen LogP) is 6.00. The van der Waals surface area contributed by atoms with E-state index in [9.17, 15) is 0 Å². The molecule has 0 spiro atoms. The van der Waals surface area contributed by atoms with Gasteiger partial charge in [-0.05, 0) is 61.7 Å². The fraction of sp³-hybridized carbons (Fsp3) is 0.273. The van der Waals surface area contributed by atoms with Gasteiger partial charge in [-0.25, -0.2) is 0 Å². The summed E-state index contributed by atoms with van der Waals surface area (Å²) in [6, 6.07) is 23.0. The molecule has 3 aromatic rings. The van der Waals surface area contributed by atoms with Crippen LogP contribution in [-0.2, 0) is 6.42 Å². The van der Waals surface area contributed by atoms with Gasteiger partial charge in [-0.3, -0.25) is 0 Å². The van der Waals surface area contributed by atoms with E-state index in [2.05, 4.69) is 60.8 Å². The Morgan fingerprint density at radius 1 is 0.960 bits per heavy atom. The monoisotopic (exact) mass is 353 g/mol. The van der Waals surface area contributed by atoms with Crippen LogP contribution in [0.5, 0.6) is 0 Å². The van der Waals surface area contributed by atoms with Gasteiger partial charge in [0.05, 0.1) is 6.26 Å². The summed E-state index contributed by atoms with van der Waals surface area (Å²) < 4.78 is 5.68. The molecule has 0 unspecified atom stereocenters. The molecule has 0 saturated heterocycles. The van der Waals surface area contributed by atoms with E-state index < -0.39 is 0 Å². The van der Waals surface area contributed by atoms with Gasteiger partial charge in [0.25, 0.3) is 0 Å². The van der Waals surface area contributed by atoms with Crippen LogP contribution in [0.4, 0.5) is 0 Å². The van der Waals surface area contributed by atoms with Crippen molar-refractivity contribution in [1.82, 2.24) is 5.32 Å². The largest absolute Gasteiger partial charge is 0.469 e. The molecule has 2 atom stereocenters. The van der Waals surface area contributed by atoms with Crippen molar-refractivity contribution in [3.05, 3.63) is 94.9 Å². The third-order valence-corrected chi connectivity index (χ3v) is 4.84. The first-order valence-electron chi connectivity index (χ1n) is 8.78. The first-order chi connectivity index (χ1) is 12.2. The highest BCUT2D eigenvalue weighted by molar-refractivity contribution is 6.30. The first kappa shape index (κ1) is 17.8. The summed E-state index contributed by atoms with van der Waals surface area (Å²) in [5.74, 6) is 1.44. The maximum atomic E-state index is 5.97. The van der Waals surface area contributed by atoms with Gasteiger partial charge in [0.15, 0.2) is 0 Å². The maximum Gasteiger partial charge on any atom is 0.107 e. The molecule has 0 radical (unpaired) electrons. The molecule has 3 rings (SSSR count). The van der Waals surface area contributed by atoms with Crippen molar-refractivity contribution in [2.24, 2.45) is 0 Å². The van der Waals surface area contributed by atoms with E-state index in [4.69, 9.17) is 16.0 Å². The lowest BCUT2D eigenvalue weighted by Gasteiger charge is -2.18. The van der Waals surface area contributed by atoms with Gasteiger partial charge in [0.1, 0.15) is 5.76 Å². The first-order valence-corrected chi connectivity index (χ1v) is 9.16. The quantitative estimate of drug-likeness (QED) is 0.537. The van der Waals surface area contributed by atoms with Crippen molar-refractivity contribution >= 4 is 11.6 Å². The number of halogens is 1. The lowest BCUT2D eigenvalue weighted by Crippen LogP contribution is -2.22. The summed E-state index contributed by atoms with van der Waals surface area (Å²) in [6.07, 6.45) is 3.78. The van der Waals surface area contributed by atoms with Gasteiger partial charge in [-0.15, -0.1) is 0 Å². The second kappa shape index (κ2) is 8.89. The summed E-state index contributed by atoms with van der Waals surface area (Å²) in [5.41, 5.74) is 2.59. The number of hydrogen-bond donors (Lipinski definition) is 1. The van der Waals surface area contributed by atoms with E-state index in [1.165, 1.54) is 11.1 Å². The Bertz CT molecular complexity index is 737. The molecular weight excluding hydrogens is 330 g/mol. The molecule has 0 saturated carbocycles. The SMILES string of the molecule is C[C@H](NCC[C@@H](Cc1ccccc1)c1ccco1)c1ccc(Cl)cc1. The van der Waals surface area contributed by atoms with Crippen LogP contribution in [0.3, 0.4) is 0 Å². The molecule has 0 aliphatic heterocycles. The van der Waals surface area contributed by atoms with Crippen LogP contribution in [0.25, 0.3) is 0 Å². The Labute approximate surface area is 154 Å². The summed E-state index contributed by atoms with van der Waals surface area (Å²) in [6.45, 7) is 3.12. The molecule has 0 aliphatic carbocycles. The molecule has 0 fully saturated rings. The third-order valence-electron chi connectivity index (χ3n) is 4.58. The molecule has 130 valence electrons. The van der Waals surface area contributed by atoms with Crippen LogP contribution in [-0.4, -0.2) is 6.54 Å². The van der Waals surface area contributed by atoms with E-state index in [1.54, 1.807) is 6.26 Å². The summed E-state index contributed by atoms with van der Waals surface area (Å²) in [5, 5.41) is 4.39. The molecular formula is C22H24ClNO. The van der Waals surface area contributed by atoms with Crippen LogP contribution in [0, 0.1) is 0 Å². The molecule has 2 aromatic carbocycles. The minimum atomic E-state index is 0.297. The molecule has 0 amide bonds. The number of benzene rings is 2. The van der Waals surface area contributed by atoms with Gasteiger partial charge >= 0.3 is 0 Å². The van der Waals surface area contributed by atoms with Crippen LogP contribution >= 0.6 is 11.6 Å². The molecule has 1 N–H and O–H groups in total. The highest BCUT2D eigenvalue weighted by atomic mass is 35.5. The zero-order chi connectivity index (χ0) is 17.5. The van der Waals surface area contributed by atoms with Gasteiger partial charge in [-0.2, -0.15) is 0 Å². The Hall–Kier alpha value is -2.03. The van der Waals surface area contributed by atoms with E-state index in [-0.39, 0.29) is 0 Å². The predicted molar refractivity (Wildman–Crippen MR) is 104 cm³/mol. The molecule has 1 heterocycles. The highest BCUT2D eigenvalue weighted by Crippen LogP contribution is 2.25. The fourth-order valence-electron chi connectivity index (χ4n) is 3.11. The number of nitrogens with one attached hydrogen (secondary N) is 1. The number of hydrogen-bond acceptors (Lipinski definition) is 2. The van der Waals surface area contributed by atoms with Gasteiger partial charge in [0, 0.05) is 17.0 Å². The molecule has 0 bridgehead atoms. The van der Waals surface area contributed by atoms with Crippen LogP contribution in [0.2, 0.25) is 5.02 Å². The van der Waals surface area contributed by atoms with Crippen molar-refractivity contribution in [1.29, 1.82) is 0 Å². The summed E-state index contributed by atoms with van der Waals surface area (Å²) in [7, 11) is 0. The molecule has 2 nitrogen and oxygen atoms in total. The topological polar surface area (TPSA) is 25.2 Å². The van der Waals surface area contributed by atoms with Gasteiger partial charge in [-0.1, -0.05) is 54.1 Å². The molecule has 3 heteroatoms. The lowest BCUT2D eigenvalue weighted by molar-refractivity contribution is 0.428. The second-order valence-electron chi connectivity index (χ2n) is 6.42. The third kappa shape index (κ3) is 5.22. The van der Waals surface area contributed by atoms with E-state index >= 15 is 0 Å².